The Kier molecular flexibility index (Phi) is 6.36. The highest BCUT2D eigenvalue weighted by Crippen LogP contribution is 2.19. The third-order valence-corrected chi connectivity index (χ3v) is 3.52. The Labute approximate surface area is 123 Å². The number of benzene rings is 1. The van der Waals surface area contributed by atoms with Crippen LogP contribution in [-0.4, -0.2) is 37.5 Å². The van der Waals surface area contributed by atoms with Gasteiger partial charge in [0.1, 0.15) is 11.6 Å². The minimum Gasteiger partial charge on any atom is -0.342 e. The zero-order valence-electron chi connectivity index (χ0n) is 11.4. The molecule has 20 heavy (non-hydrogen) atoms. The lowest BCUT2D eigenvalue weighted by Gasteiger charge is -2.17. The van der Waals surface area contributed by atoms with Crippen molar-refractivity contribution in [3.63, 3.8) is 0 Å². The molecule has 1 aliphatic heterocycles. The third kappa shape index (κ3) is 3.90. The molecular weight excluding hydrogens is 286 g/mol. The Morgan fingerprint density at radius 2 is 2.05 bits per heavy atom. The molecule has 0 aromatic heterocycles. The first-order valence-electron chi connectivity index (χ1n) is 6.47. The number of likely N-dealkylation sites (tertiary alicyclic amines) is 1. The van der Waals surface area contributed by atoms with Gasteiger partial charge in [-0.3, -0.25) is 4.79 Å². The van der Waals surface area contributed by atoms with Crippen molar-refractivity contribution in [2.75, 3.05) is 26.7 Å². The van der Waals surface area contributed by atoms with Crippen LogP contribution in [0.3, 0.4) is 0 Å². The Morgan fingerprint density at radius 3 is 2.65 bits per heavy atom. The van der Waals surface area contributed by atoms with E-state index in [1.165, 1.54) is 18.2 Å². The van der Waals surface area contributed by atoms with E-state index in [1.807, 2.05) is 7.05 Å². The molecule has 1 aromatic rings. The molecule has 3 nitrogen and oxygen atoms in total. The molecule has 0 aliphatic carbocycles. The lowest BCUT2D eigenvalue weighted by Crippen LogP contribution is -2.32. The fourth-order valence-electron chi connectivity index (χ4n) is 2.48. The van der Waals surface area contributed by atoms with Crippen LogP contribution in [0.5, 0.6) is 0 Å². The predicted octanol–water partition coefficient (Wildman–Crippen LogP) is 2.00. The summed E-state index contributed by atoms with van der Waals surface area (Å²) in [6.07, 6.45) is 0.733. The number of hydrogen-bond acceptors (Lipinski definition) is 2. The van der Waals surface area contributed by atoms with Gasteiger partial charge >= 0.3 is 0 Å². The Balaban J connectivity index is 0.00000200. The highest BCUT2D eigenvalue weighted by molar-refractivity contribution is 5.85. The van der Waals surface area contributed by atoms with Crippen LogP contribution in [0.15, 0.2) is 18.2 Å². The molecule has 0 bridgehead atoms. The summed E-state index contributed by atoms with van der Waals surface area (Å²) in [4.78, 5) is 13.7. The largest absolute Gasteiger partial charge is 0.342 e. The summed E-state index contributed by atoms with van der Waals surface area (Å²) in [6, 6.07) is 3.66. The van der Waals surface area contributed by atoms with E-state index >= 15 is 0 Å². The van der Waals surface area contributed by atoms with Crippen molar-refractivity contribution < 1.29 is 13.6 Å². The van der Waals surface area contributed by atoms with E-state index in [1.54, 1.807) is 4.90 Å². The molecule has 1 heterocycles. The van der Waals surface area contributed by atoms with Crippen molar-refractivity contribution in [3.05, 3.63) is 35.4 Å². The van der Waals surface area contributed by atoms with Crippen LogP contribution in [0.2, 0.25) is 0 Å². The number of carbonyl (C=O) groups is 1. The normalized spacial score (nSPS) is 17.9. The van der Waals surface area contributed by atoms with Crippen LogP contribution in [0.1, 0.15) is 12.0 Å². The van der Waals surface area contributed by atoms with Gasteiger partial charge in [-0.15, -0.1) is 12.4 Å². The molecule has 0 spiro atoms. The van der Waals surface area contributed by atoms with Crippen molar-refractivity contribution >= 4 is 18.3 Å². The summed E-state index contributed by atoms with van der Waals surface area (Å²) in [6.45, 7) is 2.19. The van der Waals surface area contributed by atoms with E-state index in [4.69, 9.17) is 0 Å². The van der Waals surface area contributed by atoms with Crippen molar-refractivity contribution in [1.29, 1.82) is 0 Å². The van der Waals surface area contributed by atoms with Crippen molar-refractivity contribution in [3.8, 4) is 0 Å². The second-order valence-electron chi connectivity index (χ2n) is 4.93. The van der Waals surface area contributed by atoms with Gasteiger partial charge in [0, 0.05) is 18.7 Å². The van der Waals surface area contributed by atoms with Crippen LogP contribution in [0.4, 0.5) is 8.78 Å². The lowest BCUT2D eigenvalue weighted by molar-refractivity contribution is -0.129. The molecule has 6 heteroatoms. The summed E-state index contributed by atoms with van der Waals surface area (Å²) in [5.41, 5.74) is -0.135. The summed E-state index contributed by atoms with van der Waals surface area (Å²) in [5, 5.41) is 3.08. The molecule has 0 saturated carbocycles. The quantitative estimate of drug-likeness (QED) is 0.923. The average Bonchev–Trinajstić information content (AvgIpc) is 2.83. The maximum Gasteiger partial charge on any atom is 0.227 e. The maximum absolute atomic E-state index is 13.5. The van der Waals surface area contributed by atoms with Crippen molar-refractivity contribution in [1.82, 2.24) is 10.2 Å². The first-order chi connectivity index (χ1) is 9.11. The van der Waals surface area contributed by atoms with Crippen LogP contribution in [-0.2, 0) is 11.2 Å². The molecule has 1 amide bonds. The second kappa shape index (κ2) is 7.55. The highest BCUT2D eigenvalue weighted by Gasteiger charge is 2.26. The summed E-state index contributed by atoms with van der Waals surface area (Å²) < 4.78 is 26.9. The Bertz CT molecular complexity index is 450. The molecule has 1 saturated heterocycles. The third-order valence-electron chi connectivity index (χ3n) is 3.52. The van der Waals surface area contributed by atoms with Gasteiger partial charge in [0.25, 0.3) is 0 Å². The monoisotopic (exact) mass is 304 g/mol. The Morgan fingerprint density at radius 1 is 1.40 bits per heavy atom. The number of nitrogens with zero attached hydrogens (tertiary/aromatic N) is 1. The van der Waals surface area contributed by atoms with Crippen LogP contribution in [0.25, 0.3) is 0 Å². The summed E-state index contributed by atoms with van der Waals surface area (Å²) in [7, 11) is 1.87. The van der Waals surface area contributed by atoms with E-state index in [-0.39, 0.29) is 30.3 Å². The second-order valence-corrected chi connectivity index (χ2v) is 4.93. The molecule has 1 N–H and O–H groups in total. The van der Waals surface area contributed by atoms with Crippen molar-refractivity contribution in [2.45, 2.75) is 12.8 Å². The zero-order chi connectivity index (χ0) is 13.8. The SMILES string of the molecule is CNCC1CCN(C(=O)Cc2c(F)cccc2F)C1.Cl. The van der Waals surface area contributed by atoms with E-state index in [0.29, 0.717) is 19.0 Å². The topological polar surface area (TPSA) is 32.3 Å². The fourth-order valence-corrected chi connectivity index (χ4v) is 2.48. The van der Waals surface area contributed by atoms with Gasteiger partial charge in [-0.25, -0.2) is 8.78 Å². The van der Waals surface area contributed by atoms with Gasteiger partial charge in [-0.05, 0) is 38.1 Å². The predicted molar refractivity (Wildman–Crippen MR) is 75.9 cm³/mol. The molecule has 1 unspecified atom stereocenters. The molecule has 1 aliphatic rings. The van der Waals surface area contributed by atoms with Gasteiger partial charge in [0.05, 0.1) is 6.42 Å². The molecular formula is C14H19ClF2N2O. The number of rotatable bonds is 4. The standard InChI is InChI=1S/C14H18F2N2O.ClH/c1-17-8-10-5-6-18(9-10)14(19)7-11-12(15)3-2-4-13(11)16;/h2-4,10,17H,5-9H2,1H3;1H. The molecule has 112 valence electrons. The minimum atomic E-state index is -0.653. The summed E-state index contributed by atoms with van der Waals surface area (Å²) >= 11 is 0. The molecule has 1 aromatic carbocycles. The molecule has 1 fully saturated rings. The van der Waals surface area contributed by atoms with Gasteiger partial charge in [-0.1, -0.05) is 6.07 Å². The van der Waals surface area contributed by atoms with Crippen LogP contribution in [0, 0.1) is 17.6 Å². The average molecular weight is 305 g/mol. The van der Waals surface area contributed by atoms with Crippen LogP contribution >= 0.6 is 12.4 Å². The lowest BCUT2D eigenvalue weighted by atomic mass is 10.1. The molecule has 2 rings (SSSR count). The number of halogens is 3. The first-order valence-corrected chi connectivity index (χ1v) is 6.47. The summed E-state index contributed by atoms with van der Waals surface area (Å²) in [5.74, 6) is -1.08. The van der Waals surface area contributed by atoms with Gasteiger partial charge in [-0.2, -0.15) is 0 Å². The molecule has 0 radical (unpaired) electrons. The fraction of sp³-hybridized carbons (Fsp3) is 0.500. The maximum atomic E-state index is 13.5. The van der Waals surface area contributed by atoms with Gasteiger partial charge in [0.15, 0.2) is 0 Å². The highest BCUT2D eigenvalue weighted by atomic mass is 35.5. The van der Waals surface area contributed by atoms with Gasteiger partial charge in [0.2, 0.25) is 5.91 Å². The van der Waals surface area contributed by atoms with Crippen molar-refractivity contribution in [2.24, 2.45) is 5.92 Å². The number of carbonyl (C=O) groups excluding carboxylic acids is 1. The zero-order valence-corrected chi connectivity index (χ0v) is 12.2. The first kappa shape index (κ1) is 16.9. The van der Waals surface area contributed by atoms with E-state index < -0.39 is 11.6 Å². The van der Waals surface area contributed by atoms with E-state index in [0.717, 1.165) is 13.0 Å². The number of amides is 1. The van der Waals surface area contributed by atoms with Gasteiger partial charge < -0.3 is 10.2 Å². The number of hydrogen-bond donors (Lipinski definition) is 1. The molecule has 1 atom stereocenters. The minimum absolute atomic E-state index is 0. The smallest absolute Gasteiger partial charge is 0.227 e. The Hall–Kier alpha value is -1.20. The van der Waals surface area contributed by atoms with E-state index in [9.17, 15) is 13.6 Å². The van der Waals surface area contributed by atoms with E-state index in [2.05, 4.69) is 5.32 Å². The number of nitrogens with one attached hydrogen (secondary N) is 1. The van der Waals surface area contributed by atoms with Crippen LogP contribution < -0.4 is 5.32 Å².